The van der Waals surface area contributed by atoms with Crippen LogP contribution in [0, 0.1) is 0 Å². The summed E-state index contributed by atoms with van der Waals surface area (Å²) < 4.78 is 10.8. The van der Waals surface area contributed by atoms with Crippen LogP contribution in [0.25, 0.3) is 0 Å². The minimum absolute atomic E-state index is 0.0273. The van der Waals surface area contributed by atoms with E-state index >= 15 is 0 Å². The average Bonchev–Trinajstić information content (AvgIpc) is 3.08. The maximum absolute atomic E-state index is 12.7. The van der Waals surface area contributed by atoms with E-state index < -0.39 is 0 Å². The van der Waals surface area contributed by atoms with E-state index in [1.54, 1.807) is 12.1 Å². The Hall–Kier alpha value is -2.70. The molecule has 1 amide bonds. The van der Waals surface area contributed by atoms with Gasteiger partial charge in [0.15, 0.2) is 0 Å². The first-order chi connectivity index (χ1) is 14.1. The molecule has 0 radical (unpaired) electrons. The molecule has 2 aromatic rings. The number of benzene rings is 2. The Morgan fingerprint density at radius 3 is 2.48 bits per heavy atom. The number of fused-ring (bicyclic) bond motifs is 1. The molecule has 152 valence electrons. The predicted octanol–water partition coefficient (Wildman–Crippen LogP) is 2.48. The summed E-state index contributed by atoms with van der Waals surface area (Å²) in [6.07, 6.45) is 0.467. The highest BCUT2D eigenvalue weighted by atomic mass is 16.5. The molecule has 2 saturated heterocycles. The highest BCUT2D eigenvalue weighted by Crippen LogP contribution is 2.26. The van der Waals surface area contributed by atoms with Gasteiger partial charge >= 0.3 is 5.97 Å². The van der Waals surface area contributed by atoms with Crippen molar-refractivity contribution in [1.82, 2.24) is 9.80 Å². The molecule has 0 unspecified atom stereocenters. The SMILES string of the molecule is COC(=O)c1ccc(CN2C[C@@H]3OCCC(=O)N(Cc4ccccc4)[C@H]3C2)cc1. The molecule has 6 nitrogen and oxygen atoms in total. The van der Waals surface area contributed by atoms with Crippen LogP contribution >= 0.6 is 0 Å². The number of methoxy groups -OCH3 is 1. The number of carbonyl (C=O) groups excluding carboxylic acids is 2. The van der Waals surface area contributed by atoms with Gasteiger partial charge in [-0.1, -0.05) is 42.5 Å². The highest BCUT2D eigenvalue weighted by Gasteiger charge is 2.41. The van der Waals surface area contributed by atoms with Crippen LogP contribution in [0.2, 0.25) is 0 Å². The summed E-state index contributed by atoms with van der Waals surface area (Å²) in [6.45, 7) is 3.42. The van der Waals surface area contributed by atoms with E-state index in [4.69, 9.17) is 9.47 Å². The van der Waals surface area contributed by atoms with Crippen LogP contribution in [0.5, 0.6) is 0 Å². The Kier molecular flexibility index (Phi) is 5.92. The van der Waals surface area contributed by atoms with Gasteiger partial charge < -0.3 is 14.4 Å². The topological polar surface area (TPSA) is 59.1 Å². The molecule has 2 heterocycles. The maximum Gasteiger partial charge on any atom is 0.337 e. The zero-order chi connectivity index (χ0) is 20.2. The molecule has 2 aliphatic rings. The van der Waals surface area contributed by atoms with Gasteiger partial charge in [0.05, 0.1) is 37.8 Å². The first-order valence-corrected chi connectivity index (χ1v) is 9.98. The summed E-state index contributed by atoms with van der Waals surface area (Å²) in [5, 5.41) is 0. The zero-order valence-electron chi connectivity index (χ0n) is 16.6. The van der Waals surface area contributed by atoms with Crippen LogP contribution in [0.3, 0.4) is 0 Å². The molecule has 2 fully saturated rings. The standard InChI is InChI=1S/C23H26N2O4/c1-28-23(27)19-9-7-18(8-10-19)13-24-15-20-21(16-24)29-12-11-22(26)25(20)14-17-5-3-2-4-6-17/h2-10,20-21H,11-16H2,1H3/t20-,21-/m0/s1. The molecule has 0 saturated carbocycles. The lowest BCUT2D eigenvalue weighted by molar-refractivity contribution is -0.133. The van der Waals surface area contributed by atoms with Crippen LogP contribution in [-0.2, 0) is 27.4 Å². The van der Waals surface area contributed by atoms with Gasteiger partial charge in [0.25, 0.3) is 0 Å². The minimum Gasteiger partial charge on any atom is -0.465 e. The smallest absolute Gasteiger partial charge is 0.337 e. The van der Waals surface area contributed by atoms with Crippen molar-refractivity contribution in [3.63, 3.8) is 0 Å². The fourth-order valence-corrected chi connectivity index (χ4v) is 4.16. The van der Waals surface area contributed by atoms with E-state index in [1.807, 2.05) is 35.2 Å². The van der Waals surface area contributed by atoms with Gasteiger partial charge in [-0.25, -0.2) is 4.79 Å². The van der Waals surface area contributed by atoms with Gasteiger partial charge in [0, 0.05) is 26.2 Å². The number of carbonyl (C=O) groups is 2. The second-order valence-electron chi connectivity index (χ2n) is 7.62. The van der Waals surface area contributed by atoms with Crippen molar-refractivity contribution in [2.45, 2.75) is 31.7 Å². The quantitative estimate of drug-likeness (QED) is 0.730. The van der Waals surface area contributed by atoms with Crippen molar-refractivity contribution < 1.29 is 19.1 Å². The Morgan fingerprint density at radius 2 is 1.76 bits per heavy atom. The molecule has 2 aromatic carbocycles. The minimum atomic E-state index is -0.330. The van der Waals surface area contributed by atoms with Crippen LogP contribution in [0.15, 0.2) is 54.6 Å². The summed E-state index contributed by atoms with van der Waals surface area (Å²) in [5.41, 5.74) is 2.80. The lowest BCUT2D eigenvalue weighted by Crippen LogP contribution is -2.45. The predicted molar refractivity (Wildman–Crippen MR) is 108 cm³/mol. The normalized spacial score (nSPS) is 22.2. The number of hydrogen-bond acceptors (Lipinski definition) is 5. The van der Waals surface area contributed by atoms with Gasteiger partial charge in [0.2, 0.25) is 5.91 Å². The van der Waals surface area contributed by atoms with Crippen LogP contribution in [0.1, 0.15) is 27.9 Å². The van der Waals surface area contributed by atoms with Crippen LogP contribution in [0.4, 0.5) is 0 Å². The molecule has 29 heavy (non-hydrogen) atoms. The monoisotopic (exact) mass is 394 g/mol. The van der Waals surface area contributed by atoms with E-state index in [2.05, 4.69) is 17.0 Å². The average molecular weight is 394 g/mol. The van der Waals surface area contributed by atoms with Gasteiger partial charge in [-0.2, -0.15) is 0 Å². The maximum atomic E-state index is 12.7. The van der Waals surface area contributed by atoms with E-state index in [0.717, 1.165) is 30.8 Å². The summed E-state index contributed by atoms with van der Waals surface area (Å²) >= 11 is 0. The lowest BCUT2D eigenvalue weighted by atomic mass is 10.1. The molecule has 2 aliphatic heterocycles. The number of ether oxygens (including phenoxy) is 2. The van der Waals surface area contributed by atoms with E-state index in [-0.39, 0.29) is 24.0 Å². The van der Waals surface area contributed by atoms with Crippen molar-refractivity contribution in [3.05, 3.63) is 71.3 Å². The third kappa shape index (κ3) is 4.49. The number of amides is 1. The molecular weight excluding hydrogens is 368 g/mol. The number of nitrogens with zero attached hydrogens (tertiary/aromatic N) is 2. The van der Waals surface area contributed by atoms with Gasteiger partial charge in [-0.15, -0.1) is 0 Å². The lowest BCUT2D eigenvalue weighted by Gasteiger charge is -2.30. The van der Waals surface area contributed by atoms with Crippen LogP contribution in [-0.4, -0.2) is 60.6 Å². The molecule has 0 spiro atoms. The third-order valence-electron chi connectivity index (χ3n) is 5.66. The van der Waals surface area contributed by atoms with E-state index in [9.17, 15) is 9.59 Å². The summed E-state index contributed by atoms with van der Waals surface area (Å²) in [7, 11) is 1.38. The number of esters is 1. The van der Waals surface area contributed by atoms with Crippen molar-refractivity contribution in [2.75, 3.05) is 26.8 Å². The molecule has 0 aromatic heterocycles. The zero-order valence-corrected chi connectivity index (χ0v) is 16.6. The largest absolute Gasteiger partial charge is 0.465 e. The van der Waals surface area contributed by atoms with Gasteiger partial charge in [-0.05, 0) is 23.3 Å². The Bertz CT molecular complexity index is 853. The number of likely N-dealkylation sites (tertiary alicyclic amines) is 1. The number of rotatable bonds is 5. The molecule has 0 aliphatic carbocycles. The molecule has 2 atom stereocenters. The fraction of sp³-hybridized carbons (Fsp3) is 0.391. The molecule has 4 rings (SSSR count). The second-order valence-corrected chi connectivity index (χ2v) is 7.62. The van der Waals surface area contributed by atoms with E-state index in [0.29, 0.717) is 25.1 Å². The van der Waals surface area contributed by atoms with Gasteiger partial charge in [-0.3, -0.25) is 9.69 Å². The summed E-state index contributed by atoms with van der Waals surface area (Å²) in [5.74, 6) is -0.172. The highest BCUT2D eigenvalue weighted by molar-refractivity contribution is 5.89. The summed E-state index contributed by atoms with van der Waals surface area (Å²) in [4.78, 5) is 28.7. The molecular formula is C23H26N2O4. The van der Waals surface area contributed by atoms with Crippen molar-refractivity contribution >= 4 is 11.9 Å². The molecule has 0 bridgehead atoms. The van der Waals surface area contributed by atoms with Crippen LogP contribution < -0.4 is 0 Å². The van der Waals surface area contributed by atoms with Crippen molar-refractivity contribution in [1.29, 1.82) is 0 Å². The first kappa shape index (κ1) is 19.6. The Labute approximate surface area is 171 Å². The second kappa shape index (κ2) is 8.76. The van der Waals surface area contributed by atoms with E-state index in [1.165, 1.54) is 7.11 Å². The Morgan fingerprint density at radius 1 is 1.03 bits per heavy atom. The fourth-order valence-electron chi connectivity index (χ4n) is 4.16. The molecule has 0 N–H and O–H groups in total. The summed E-state index contributed by atoms with van der Waals surface area (Å²) in [6, 6.07) is 17.7. The Balaban J connectivity index is 1.45. The van der Waals surface area contributed by atoms with Crippen molar-refractivity contribution in [2.24, 2.45) is 0 Å². The molecule has 6 heteroatoms. The number of hydrogen-bond donors (Lipinski definition) is 0. The van der Waals surface area contributed by atoms with Gasteiger partial charge in [0.1, 0.15) is 0 Å². The van der Waals surface area contributed by atoms with Crippen molar-refractivity contribution in [3.8, 4) is 0 Å². The first-order valence-electron chi connectivity index (χ1n) is 9.98. The third-order valence-corrected chi connectivity index (χ3v) is 5.66.